The number of benzene rings is 2. The molecule has 13 nitrogen and oxygen atoms in total. The molecule has 2 N–H and O–H groups in total. The Kier molecular flexibility index (Phi) is 18.3. The predicted octanol–water partition coefficient (Wildman–Crippen LogP) is 10.9. The highest BCUT2D eigenvalue weighted by Gasteiger charge is 2.44. The van der Waals surface area contributed by atoms with E-state index in [1.54, 1.807) is 30.3 Å². The van der Waals surface area contributed by atoms with Crippen LogP contribution in [0.2, 0.25) is 72.5 Å². The van der Waals surface area contributed by atoms with Crippen LogP contribution in [0.25, 0.3) is 0 Å². The maximum absolute atomic E-state index is 12.7. The number of amides is 3. The zero-order valence-corrected chi connectivity index (χ0v) is 46.2. The second-order valence-electron chi connectivity index (χ2n) is 22.3. The van der Waals surface area contributed by atoms with Crippen molar-refractivity contribution in [3.8, 4) is 23.0 Å². The number of hydrogen-bond donors (Lipinski definition) is 2. The van der Waals surface area contributed by atoms with Gasteiger partial charge in [-0.2, -0.15) is 0 Å². The van der Waals surface area contributed by atoms with Crippen LogP contribution in [-0.4, -0.2) is 93.5 Å². The first kappa shape index (κ1) is 55.6. The lowest BCUT2D eigenvalue weighted by Crippen LogP contribution is -2.45. The molecular formula is C46H80N2O11Si4. The van der Waals surface area contributed by atoms with E-state index in [4.69, 9.17) is 32.4 Å². The molecule has 0 aliphatic carbocycles. The quantitative estimate of drug-likeness (QED) is 0.0937. The zero-order chi connectivity index (χ0) is 48.8. The summed E-state index contributed by atoms with van der Waals surface area (Å²) in [7, 11) is -8.63. The Morgan fingerprint density at radius 1 is 0.571 bits per heavy atom. The normalized spacial score (nSPS) is 14.5. The Morgan fingerprint density at radius 3 is 1.29 bits per heavy atom. The van der Waals surface area contributed by atoms with Crippen LogP contribution in [0.4, 0.5) is 0 Å². The van der Waals surface area contributed by atoms with Crippen molar-refractivity contribution in [1.82, 2.24) is 10.4 Å². The summed E-state index contributed by atoms with van der Waals surface area (Å²) in [6, 6.07) is 10.3. The molecule has 1 aliphatic heterocycles. The van der Waals surface area contributed by atoms with Crippen molar-refractivity contribution in [2.45, 2.75) is 168 Å². The number of hydroxylamine groups is 2. The molecule has 1 saturated heterocycles. The van der Waals surface area contributed by atoms with E-state index in [1.807, 2.05) is 6.07 Å². The summed E-state index contributed by atoms with van der Waals surface area (Å²) in [5, 5.41) is 12.1. The Labute approximate surface area is 382 Å². The molecule has 0 radical (unpaired) electrons. The molecule has 0 spiro atoms. The first-order valence-corrected chi connectivity index (χ1v) is 33.6. The lowest BCUT2D eigenvalue weighted by Gasteiger charge is -2.39. The first-order chi connectivity index (χ1) is 28.4. The topological polar surface area (TPSA) is 159 Å². The fourth-order valence-electron chi connectivity index (χ4n) is 4.62. The minimum Gasteiger partial charge on any atom is -0.541 e. The summed E-state index contributed by atoms with van der Waals surface area (Å²) >= 11 is 0. The van der Waals surface area contributed by atoms with Crippen LogP contribution in [0.5, 0.6) is 23.0 Å². The number of carbonyl (C=O) groups excluding carboxylic acids is 4. The molecule has 0 saturated carbocycles. The molecule has 1 fully saturated rings. The average molecular weight is 949 g/mol. The van der Waals surface area contributed by atoms with Crippen LogP contribution in [0.3, 0.4) is 0 Å². The second-order valence-corrected chi connectivity index (χ2v) is 41.2. The molecule has 0 unspecified atom stereocenters. The van der Waals surface area contributed by atoms with Gasteiger partial charge in [0.05, 0.1) is 25.4 Å². The number of carbonyl (C=O) groups is 4. The number of rotatable bonds is 16. The predicted molar refractivity (Wildman–Crippen MR) is 261 cm³/mol. The standard InChI is InChI=1S/C23H37NO6Si2.C23H43NO5Si2/c1-22(2,3)31(7,8)29-17-12-11-16(15-18(17)30-32(9,10)23(4,5)6)21(27)28-24-19(25)13-14-20(24)26;1-22(2,3)30(7,8)28-19-12-11-18(21(26)24-13-15-27-16-14-25)17-20(19)29-31(9,10)23(4,5)6/h11-12,15H,13-14H2,1-10H3;11-12,17,25H,13-16H2,1-10H3,(H,24,26). The minimum atomic E-state index is -2.25. The molecule has 0 aromatic heterocycles. The summed E-state index contributed by atoms with van der Waals surface area (Å²) in [5.41, 5.74) is 0.715. The summed E-state index contributed by atoms with van der Waals surface area (Å²) in [5.74, 6) is 0.415. The smallest absolute Gasteiger partial charge is 0.364 e. The third-order valence-corrected chi connectivity index (χ3v) is 30.4. The van der Waals surface area contributed by atoms with E-state index >= 15 is 0 Å². The molecule has 63 heavy (non-hydrogen) atoms. The summed E-state index contributed by atoms with van der Waals surface area (Å²) in [4.78, 5) is 54.1. The van der Waals surface area contributed by atoms with Crippen molar-refractivity contribution in [1.29, 1.82) is 0 Å². The molecule has 3 rings (SSSR count). The summed E-state index contributed by atoms with van der Waals surface area (Å²) in [6.07, 6.45) is 0.0935. The molecule has 3 amide bonds. The molecule has 356 valence electrons. The van der Waals surface area contributed by atoms with Crippen molar-refractivity contribution in [3.63, 3.8) is 0 Å². The Morgan fingerprint density at radius 2 is 0.921 bits per heavy atom. The number of imide groups is 1. The monoisotopic (exact) mass is 948 g/mol. The first-order valence-electron chi connectivity index (χ1n) is 22.0. The molecule has 0 bridgehead atoms. The van der Waals surface area contributed by atoms with E-state index in [-0.39, 0.29) is 57.7 Å². The Balaban J connectivity index is 0.000000434. The zero-order valence-electron chi connectivity index (χ0n) is 42.2. The van der Waals surface area contributed by atoms with Crippen molar-refractivity contribution >= 4 is 57.0 Å². The SMILES string of the molecule is CC(C)(C)[Si](C)(C)Oc1ccc(C(=O)NCCOCCO)cc1O[Si](C)(C)C(C)(C)C.CC(C)(C)[Si](C)(C)Oc1ccc(C(=O)ON2C(=O)CCC2=O)cc1O[Si](C)(C)C(C)(C)C. The van der Waals surface area contributed by atoms with Crippen molar-refractivity contribution < 1.29 is 51.6 Å². The highest BCUT2D eigenvalue weighted by Crippen LogP contribution is 2.45. The van der Waals surface area contributed by atoms with E-state index < -0.39 is 51.1 Å². The largest absolute Gasteiger partial charge is 0.541 e. The Hall–Kier alpha value is -3.49. The van der Waals surface area contributed by atoms with Gasteiger partial charge in [0.25, 0.3) is 51.0 Å². The third kappa shape index (κ3) is 15.3. The fraction of sp³-hybridized carbons (Fsp3) is 0.652. The summed E-state index contributed by atoms with van der Waals surface area (Å²) in [6.45, 7) is 44.3. The van der Waals surface area contributed by atoms with Gasteiger partial charge in [-0.3, -0.25) is 14.4 Å². The van der Waals surface area contributed by atoms with E-state index in [2.05, 4.69) is 141 Å². The van der Waals surface area contributed by atoms with Crippen LogP contribution in [-0.2, 0) is 19.2 Å². The van der Waals surface area contributed by atoms with E-state index in [9.17, 15) is 19.2 Å². The minimum absolute atomic E-state index is 0.0174. The molecular weight excluding hydrogens is 869 g/mol. The van der Waals surface area contributed by atoms with Crippen LogP contribution < -0.4 is 23.0 Å². The van der Waals surface area contributed by atoms with Crippen LogP contribution in [0, 0.1) is 0 Å². The second kappa shape index (κ2) is 20.8. The van der Waals surface area contributed by atoms with Gasteiger partial charge < -0.3 is 37.7 Å². The lowest BCUT2D eigenvalue weighted by atomic mass is 10.2. The van der Waals surface area contributed by atoms with Gasteiger partial charge in [0, 0.05) is 24.9 Å². The van der Waals surface area contributed by atoms with Gasteiger partial charge in [-0.25, -0.2) is 4.79 Å². The van der Waals surface area contributed by atoms with Gasteiger partial charge >= 0.3 is 5.97 Å². The van der Waals surface area contributed by atoms with Gasteiger partial charge in [0.1, 0.15) is 23.0 Å². The molecule has 1 heterocycles. The number of nitrogens with one attached hydrogen (secondary N) is 1. The summed E-state index contributed by atoms with van der Waals surface area (Å²) < 4.78 is 31.5. The molecule has 1 aliphatic rings. The maximum atomic E-state index is 12.7. The highest BCUT2D eigenvalue weighted by atomic mass is 28.4. The fourth-order valence-corrected chi connectivity index (χ4v) is 8.70. The molecule has 2 aromatic rings. The third-order valence-electron chi connectivity index (χ3n) is 13.0. The van der Waals surface area contributed by atoms with Crippen LogP contribution in [0.1, 0.15) is 117 Å². The van der Waals surface area contributed by atoms with Gasteiger partial charge in [-0.1, -0.05) is 83.1 Å². The number of hydrogen-bond acceptors (Lipinski definition) is 11. The van der Waals surface area contributed by atoms with Crippen LogP contribution in [0.15, 0.2) is 36.4 Å². The van der Waals surface area contributed by atoms with E-state index in [0.29, 0.717) is 46.8 Å². The van der Waals surface area contributed by atoms with E-state index in [1.165, 1.54) is 0 Å². The maximum Gasteiger partial charge on any atom is 0.364 e. The number of ether oxygens (including phenoxy) is 1. The molecule has 0 atom stereocenters. The number of aliphatic hydroxyl groups excluding tert-OH is 1. The van der Waals surface area contributed by atoms with Crippen molar-refractivity contribution in [3.05, 3.63) is 47.5 Å². The van der Waals surface area contributed by atoms with Gasteiger partial charge in [-0.15, -0.1) is 5.06 Å². The Bertz CT molecular complexity index is 1910. The van der Waals surface area contributed by atoms with E-state index in [0.717, 1.165) is 0 Å². The number of nitrogens with zero attached hydrogens (tertiary/aromatic N) is 1. The molecule has 17 heteroatoms. The van der Waals surface area contributed by atoms with Gasteiger partial charge in [0.15, 0.2) is 0 Å². The van der Waals surface area contributed by atoms with Crippen molar-refractivity contribution in [2.75, 3.05) is 26.4 Å². The van der Waals surface area contributed by atoms with Gasteiger partial charge in [0.2, 0.25) is 0 Å². The van der Waals surface area contributed by atoms with Gasteiger partial charge in [-0.05, 0) is 109 Å². The highest BCUT2D eigenvalue weighted by molar-refractivity contribution is 6.76. The number of aliphatic hydroxyl groups is 1. The average Bonchev–Trinajstić information content (AvgIpc) is 3.43. The lowest BCUT2D eigenvalue weighted by molar-refractivity contribution is -0.172. The molecule has 2 aromatic carbocycles. The van der Waals surface area contributed by atoms with Crippen molar-refractivity contribution in [2.24, 2.45) is 0 Å². The van der Waals surface area contributed by atoms with Crippen LogP contribution >= 0.6 is 0 Å².